The minimum absolute atomic E-state index is 0.269. The molecule has 0 bridgehead atoms. The van der Waals surface area contributed by atoms with Crippen LogP contribution in [0.15, 0.2) is 54.6 Å². The van der Waals surface area contributed by atoms with Gasteiger partial charge >= 0.3 is 5.97 Å². The summed E-state index contributed by atoms with van der Waals surface area (Å²) >= 11 is 0. The van der Waals surface area contributed by atoms with Crippen molar-refractivity contribution >= 4 is 17.8 Å². The van der Waals surface area contributed by atoms with Crippen molar-refractivity contribution in [3.8, 4) is 11.5 Å². The number of para-hydroxylation sites is 1. The first-order valence-electron chi connectivity index (χ1n) is 8.50. The second-order valence-corrected chi connectivity index (χ2v) is 6.25. The fourth-order valence-electron chi connectivity index (χ4n) is 2.33. The lowest BCUT2D eigenvalue weighted by molar-refractivity contribution is -0.142. The van der Waals surface area contributed by atoms with E-state index in [9.17, 15) is 14.4 Å². The zero-order valence-electron chi connectivity index (χ0n) is 15.1. The molecule has 0 fully saturated rings. The summed E-state index contributed by atoms with van der Waals surface area (Å²) in [5.74, 6) is -1.28. The minimum Gasteiger partial charge on any atom is -0.480 e. The molecule has 1 atom stereocenters. The van der Waals surface area contributed by atoms with Crippen molar-refractivity contribution in [2.24, 2.45) is 5.92 Å². The van der Waals surface area contributed by atoms with Gasteiger partial charge in [0.2, 0.25) is 5.91 Å². The highest BCUT2D eigenvalue weighted by Crippen LogP contribution is 2.21. The number of amides is 2. The van der Waals surface area contributed by atoms with Crippen molar-refractivity contribution in [3.63, 3.8) is 0 Å². The van der Waals surface area contributed by atoms with Crippen LogP contribution < -0.4 is 15.4 Å². The van der Waals surface area contributed by atoms with Gasteiger partial charge in [-0.05, 0) is 36.2 Å². The Morgan fingerprint density at radius 1 is 1.00 bits per heavy atom. The molecular weight excluding hydrogens is 348 g/mol. The fourth-order valence-corrected chi connectivity index (χ4v) is 2.33. The van der Waals surface area contributed by atoms with E-state index in [1.54, 1.807) is 50.2 Å². The number of carboxylic acids is 1. The number of hydrogen-bond donors (Lipinski definition) is 3. The molecular formula is C20H22N2O5. The van der Waals surface area contributed by atoms with E-state index in [-0.39, 0.29) is 12.5 Å². The van der Waals surface area contributed by atoms with Crippen molar-refractivity contribution in [3.05, 3.63) is 60.2 Å². The topological polar surface area (TPSA) is 105 Å². The van der Waals surface area contributed by atoms with E-state index in [2.05, 4.69) is 10.6 Å². The molecule has 0 aliphatic rings. The lowest BCUT2D eigenvalue weighted by atomic mass is 10.1. The van der Waals surface area contributed by atoms with Gasteiger partial charge in [-0.1, -0.05) is 38.1 Å². The number of rotatable bonds is 8. The van der Waals surface area contributed by atoms with Crippen LogP contribution in [-0.2, 0) is 9.59 Å². The smallest absolute Gasteiger partial charge is 0.326 e. The molecule has 0 aromatic heterocycles. The molecule has 0 heterocycles. The molecule has 0 aliphatic carbocycles. The second-order valence-electron chi connectivity index (χ2n) is 6.25. The van der Waals surface area contributed by atoms with Crippen molar-refractivity contribution in [1.82, 2.24) is 10.6 Å². The van der Waals surface area contributed by atoms with Gasteiger partial charge in [-0.3, -0.25) is 9.59 Å². The van der Waals surface area contributed by atoms with Crippen molar-refractivity contribution < 1.29 is 24.2 Å². The average Bonchev–Trinajstić information content (AvgIpc) is 2.64. The van der Waals surface area contributed by atoms with Gasteiger partial charge in [-0.15, -0.1) is 0 Å². The Balaban J connectivity index is 1.93. The van der Waals surface area contributed by atoms with Crippen LogP contribution >= 0.6 is 0 Å². The number of carboxylic acid groups (broad SMARTS) is 1. The predicted molar refractivity (Wildman–Crippen MR) is 99.7 cm³/mol. The molecule has 2 rings (SSSR count). The van der Waals surface area contributed by atoms with E-state index < -0.39 is 23.8 Å². The van der Waals surface area contributed by atoms with Crippen LogP contribution in [0.5, 0.6) is 11.5 Å². The molecule has 0 unspecified atom stereocenters. The first kappa shape index (κ1) is 20.0. The molecule has 7 nitrogen and oxygen atoms in total. The molecule has 0 saturated carbocycles. The monoisotopic (exact) mass is 370 g/mol. The Kier molecular flexibility index (Phi) is 6.93. The summed E-state index contributed by atoms with van der Waals surface area (Å²) in [5.41, 5.74) is 0.329. The number of nitrogens with one attached hydrogen (secondary N) is 2. The van der Waals surface area contributed by atoms with Crippen molar-refractivity contribution in [1.29, 1.82) is 0 Å². The maximum absolute atomic E-state index is 12.2. The molecule has 0 radical (unpaired) electrons. The predicted octanol–water partition coefficient (Wildman–Crippen LogP) is 2.43. The second kappa shape index (κ2) is 9.38. The van der Waals surface area contributed by atoms with E-state index in [0.29, 0.717) is 17.1 Å². The average molecular weight is 370 g/mol. The van der Waals surface area contributed by atoms with Crippen LogP contribution in [0.1, 0.15) is 24.2 Å². The van der Waals surface area contributed by atoms with Gasteiger partial charge in [0.05, 0.1) is 6.54 Å². The van der Waals surface area contributed by atoms with Gasteiger partial charge in [0.25, 0.3) is 5.91 Å². The Morgan fingerprint density at radius 2 is 1.67 bits per heavy atom. The minimum atomic E-state index is -1.12. The lowest BCUT2D eigenvalue weighted by Crippen LogP contribution is -2.48. The summed E-state index contributed by atoms with van der Waals surface area (Å²) in [4.78, 5) is 35.2. The maximum Gasteiger partial charge on any atom is 0.326 e. The number of ether oxygens (including phenoxy) is 1. The van der Waals surface area contributed by atoms with Gasteiger partial charge in [0.15, 0.2) is 0 Å². The lowest BCUT2D eigenvalue weighted by Gasteiger charge is -2.18. The zero-order valence-corrected chi connectivity index (χ0v) is 15.1. The SMILES string of the molecule is CC(C)[C@H](NC(=O)CNC(=O)c1cccc(Oc2ccccc2)c1)C(=O)O. The Morgan fingerprint density at radius 3 is 2.30 bits per heavy atom. The fraction of sp³-hybridized carbons (Fsp3) is 0.250. The molecule has 3 N–H and O–H groups in total. The Hall–Kier alpha value is -3.35. The molecule has 2 aromatic rings. The summed E-state index contributed by atoms with van der Waals surface area (Å²) in [6, 6.07) is 14.7. The quantitative estimate of drug-likeness (QED) is 0.662. The summed E-state index contributed by atoms with van der Waals surface area (Å²) in [6.07, 6.45) is 0. The van der Waals surface area contributed by atoms with E-state index in [4.69, 9.17) is 9.84 Å². The number of hydrogen-bond acceptors (Lipinski definition) is 4. The normalized spacial score (nSPS) is 11.5. The molecule has 7 heteroatoms. The van der Waals surface area contributed by atoms with Gasteiger partial charge in [0, 0.05) is 5.56 Å². The van der Waals surface area contributed by atoms with E-state index in [1.165, 1.54) is 0 Å². The van der Waals surface area contributed by atoms with Gasteiger partial charge < -0.3 is 20.5 Å². The van der Waals surface area contributed by atoms with Crippen LogP contribution in [0.3, 0.4) is 0 Å². The van der Waals surface area contributed by atoms with Crippen LogP contribution in [0.4, 0.5) is 0 Å². The van der Waals surface area contributed by atoms with Crippen LogP contribution in [0.2, 0.25) is 0 Å². The molecule has 0 saturated heterocycles. The molecule has 2 aromatic carbocycles. The standard InChI is InChI=1S/C20H22N2O5/c1-13(2)18(20(25)26)22-17(23)12-21-19(24)14-7-6-10-16(11-14)27-15-8-4-3-5-9-15/h3-11,13,18H,12H2,1-2H3,(H,21,24)(H,22,23)(H,25,26)/t18-/m0/s1. The molecule has 27 heavy (non-hydrogen) atoms. The number of benzene rings is 2. The van der Waals surface area contributed by atoms with E-state index >= 15 is 0 Å². The third kappa shape index (κ3) is 6.14. The summed E-state index contributed by atoms with van der Waals surface area (Å²) in [6.45, 7) is 3.06. The van der Waals surface area contributed by atoms with Gasteiger partial charge in [-0.2, -0.15) is 0 Å². The number of carbonyl (C=O) groups excluding carboxylic acids is 2. The Bertz CT molecular complexity index is 805. The highest BCUT2D eigenvalue weighted by Gasteiger charge is 2.23. The van der Waals surface area contributed by atoms with Gasteiger partial charge in [0.1, 0.15) is 17.5 Å². The van der Waals surface area contributed by atoms with Crippen LogP contribution in [-0.4, -0.2) is 35.5 Å². The summed E-state index contributed by atoms with van der Waals surface area (Å²) in [7, 11) is 0. The Labute approximate surface area is 157 Å². The number of aliphatic carboxylic acids is 1. The van der Waals surface area contributed by atoms with Crippen LogP contribution in [0, 0.1) is 5.92 Å². The highest BCUT2D eigenvalue weighted by molar-refractivity contribution is 5.97. The third-order valence-electron chi connectivity index (χ3n) is 3.73. The summed E-state index contributed by atoms with van der Waals surface area (Å²) < 4.78 is 5.68. The third-order valence-corrected chi connectivity index (χ3v) is 3.73. The van der Waals surface area contributed by atoms with E-state index in [1.807, 2.05) is 18.2 Å². The molecule has 0 spiro atoms. The maximum atomic E-state index is 12.2. The van der Waals surface area contributed by atoms with Crippen LogP contribution in [0.25, 0.3) is 0 Å². The first-order valence-corrected chi connectivity index (χ1v) is 8.50. The molecule has 2 amide bonds. The molecule has 0 aliphatic heterocycles. The molecule has 142 valence electrons. The van der Waals surface area contributed by atoms with E-state index in [0.717, 1.165) is 0 Å². The first-order chi connectivity index (χ1) is 12.9. The summed E-state index contributed by atoms with van der Waals surface area (Å²) in [5, 5.41) is 13.9. The van der Waals surface area contributed by atoms with Crippen molar-refractivity contribution in [2.75, 3.05) is 6.54 Å². The highest BCUT2D eigenvalue weighted by atomic mass is 16.5. The zero-order chi connectivity index (χ0) is 19.8. The van der Waals surface area contributed by atoms with Crippen molar-refractivity contribution in [2.45, 2.75) is 19.9 Å². The largest absolute Gasteiger partial charge is 0.480 e. The number of carbonyl (C=O) groups is 3. The van der Waals surface area contributed by atoms with Gasteiger partial charge in [-0.25, -0.2) is 4.79 Å².